The van der Waals surface area contributed by atoms with Gasteiger partial charge in [0.25, 0.3) is 5.69 Å². The lowest BCUT2D eigenvalue weighted by Gasteiger charge is -2.20. The van der Waals surface area contributed by atoms with Gasteiger partial charge in [0.2, 0.25) is 11.3 Å². The molecule has 138 heavy (non-hydrogen) atoms. The summed E-state index contributed by atoms with van der Waals surface area (Å²) in [6, 6.07) is 68.1. The normalized spacial score (nSPS) is 16.2. The minimum Gasteiger partial charge on any atom is -0.508 e. The van der Waals surface area contributed by atoms with Gasteiger partial charge in [0.05, 0.1) is 22.4 Å². The predicted octanol–water partition coefficient (Wildman–Crippen LogP) is 24.5. The minimum atomic E-state index is -0.419. The second-order valence-corrected chi connectivity index (χ2v) is 39.3. The van der Waals surface area contributed by atoms with Gasteiger partial charge in [-0.25, -0.2) is 9.57 Å². The molecular weight excluding hydrogens is 1950 g/mol. The van der Waals surface area contributed by atoms with Gasteiger partial charge in [-0.1, -0.05) is 62.4 Å². The molecule has 1 amide bonds. The molecule has 0 fully saturated rings. The zero-order chi connectivity index (χ0) is 96.2. The number of phenols is 3. The van der Waals surface area contributed by atoms with Crippen LogP contribution < -0.4 is 69.5 Å². The smallest absolute Gasteiger partial charge is 0.269 e. The fourth-order valence-corrected chi connectivity index (χ4v) is 22.0. The van der Waals surface area contributed by atoms with Gasteiger partial charge in [-0.3, -0.25) is 14.9 Å². The first-order chi connectivity index (χ1) is 67.1. The van der Waals surface area contributed by atoms with E-state index in [1.54, 1.807) is 54.3 Å². The zero-order valence-corrected chi connectivity index (χ0v) is 85.3. The van der Waals surface area contributed by atoms with Crippen molar-refractivity contribution in [2.24, 2.45) is 15.2 Å². The van der Waals surface area contributed by atoms with E-state index >= 15 is 0 Å². The zero-order valence-electron chi connectivity index (χ0n) is 81.0. The van der Waals surface area contributed by atoms with Crippen molar-refractivity contribution < 1.29 is 39.2 Å². The number of likely N-dealkylation sites (N-methyl/N-ethyl adjacent to an activating group) is 6. The molecule has 22 nitrogen and oxygen atoms in total. The molecule has 12 aromatic carbocycles. The summed E-state index contributed by atoms with van der Waals surface area (Å²) in [6.45, 7) is 35.1. The van der Waals surface area contributed by atoms with Crippen molar-refractivity contribution in [1.29, 1.82) is 0 Å². The maximum atomic E-state index is 11.2. The molecule has 2 atom stereocenters. The number of hydrogen-bond donors (Lipinski definition) is 5. The molecule has 2 aliphatic carbocycles. The number of carbonyl (C=O) groups is 1. The summed E-state index contributed by atoms with van der Waals surface area (Å²) in [4.78, 5) is 40.2. The molecule has 0 radical (unpaired) electrons. The number of azo groups is 1. The second-order valence-electron chi connectivity index (χ2n) is 36.8. The van der Waals surface area contributed by atoms with Crippen LogP contribution in [0.3, 0.4) is 0 Å². The Kier molecular flexibility index (Phi) is 31.4. The number of aromatic hydroxyl groups is 3. The third kappa shape index (κ3) is 22.4. The largest absolute Gasteiger partial charge is 0.508 e. The molecule has 10 heterocycles. The molecule has 0 aromatic heterocycles. The van der Waals surface area contributed by atoms with Crippen molar-refractivity contribution in [2.45, 2.75) is 170 Å². The van der Waals surface area contributed by atoms with Gasteiger partial charge in [-0.2, -0.15) is 5.11 Å². The fraction of sp³-hybridized carbons (Fsp3) is 0.360. The number of anilines is 8. The Bertz CT molecular complexity index is 6470. The van der Waals surface area contributed by atoms with Gasteiger partial charge < -0.3 is 69.6 Å². The average Bonchev–Trinajstić information content (AvgIpc) is 1.57. The number of phenolic OH excluding ortho intramolecular Hbond substituents is 3. The number of hydrogen-bond acceptors (Lipinski definition) is 19. The van der Waals surface area contributed by atoms with E-state index in [2.05, 4.69) is 278 Å². The quantitative estimate of drug-likeness (QED) is 0.0211. The summed E-state index contributed by atoms with van der Waals surface area (Å²) < 4.78 is 23.9. The molecule has 0 bridgehead atoms. The highest BCUT2D eigenvalue weighted by atomic mass is 127. The summed E-state index contributed by atoms with van der Waals surface area (Å²) >= 11 is 4.71. The van der Waals surface area contributed by atoms with Gasteiger partial charge in [0, 0.05) is 199 Å². The predicted molar refractivity (Wildman–Crippen MR) is 576 cm³/mol. The highest BCUT2D eigenvalue weighted by molar-refractivity contribution is 14.1. The number of aryl methyl sites for hydroxylation is 2. The van der Waals surface area contributed by atoms with Gasteiger partial charge in [0.1, 0.15) is 64.3 Å². The highest BCUT2D eigenvalue weighted by Crippen LogP contribution is 2.48. The molecule has 10 aliphatic heterocycles. The van der Waals surface area contributed by atoms with Crippen LogP contribution in [0.5, 0.6) is 51.7 Å². The number of carbonyl (C=O) groups excluding carboxylic acids is 1. The molecule has 24 rings (SSSR count). The Morgan fingerprint density at radius 1 is 0.449 bits per heavy atom. The van der Waals surface area contributed by atoms with Crippen LogP contribution in [0.25, 0.3) is 0 Å². The lowest BCUT2D eigenvalue weighted by Crippen LogP contribution is -2.27. The number of nitrogens with one attached hydrogen (secondary N) is 2. The summed E-state index contributed by atoms with van der Waals surface area (Å²) in [7, 11) is 0. The van der Waals surface area contributed by atoms with Crippen LogP contribution in [0.4, 0.5) is 68.2 Å². The Morgan fingerprint density at radius 2 is 0.920 bits per heavy atom. The van der Waals surface area contributed by atoms with Gasteiger partial charge in [-0.05, 0) is 358 Å². The maximum absolute atomic E-state index is 11.2. The molecule has 24 heteroatoms. The molecular formula is C114H128I2N13O9+. The van der Waals surface area contributed by atoms with E-state index in [1.165, 1.54) is 151 Å². The fourth-order valence-electron chi connectivity index (χ4n) is 21.0. The van der Waals surface area contributed by atoms with Crippen molar-refractivity contribution in [2.75, 3.05) is 138 Å². The van der Waals surface area contributed by atoms with Gasteiger partial charge >= 0.3 is 0 Å². The van der Waals surface area contributed by atoms with Crippen molar-refractivity contribution in [1.82, 2.24) is 4.58 Å². The van der Waals surface area contributed by atoms with Gasteiger partial charge in [0.15, 0.2) is 17.2 Å². The number of halogens is 2. The number of fused-ring (bicyclic) bond motifs is 13. The van der Waals surface area contributed by atoms with E-state index in [-0.39, 0.29) is 17.3 Å². The Morgan fingerprint density at radius 3 is 1.49 bits per heavy atom. The van der Waals surface area contributed by atoms with Crippen LogP contribution >= 0.6 is 45.2 Å². The van der Waals surface area contributed by atoms with E-state index in [0.29, 0.717) is 40.5 Å². The third-order valence-electron chi connectivity index (χ3n) is 28.7. The minimum absolute atomic E-state index is 0.0318. The number of rotatable bonds is 15. The first-order valence-corrected chi connectivity index (χ1v) is 51.9. The molecule has 12 aromatic rings. The van der Waals surface area contributed by atoms with Gasteiger partial charge in [-0.15, -0.1) is 5.11 Å². The van der Waals surface area contributed by atoms with Crippen molar-refractivity contribution >= 4 is 119 Å². The molecule has 0 saturated carbocycles. The van der Waals surface area contributed by atoms with Crippen LogP contribution in [0.15, 0.2) is 221 Å². The van der Waals surface area contributed by atoms with Crippen LogP contribution in [-0.4, -0.2) is 124 Å². The summed E-state index contributed by atoms with van der Waals surface area (Å²) in [5, 5.41) is 56.2. The molecule has 716 valence electrons. The number of nitrogens with zero attached hydrogens (tertiary/aromatic N) is 11. The lowest BCUT2D eigenvalue weighted by molar-refractivity contribution is -0.384. The van der Waals surface area contributed by atoms with E-state index in [9.17, 15) is 25.1 Å². The van der Waals surface area contributed by atoms with Crippen molar-refractivity contribution in [3.63, 3.8) is 0 Å². The molecule has 12 aliphatic rings. The lowest BCUT2D eigenvalue weighted by atomic mass is 9.98. The number of nitro groups is 1. The SMILES string of the molecule is CC(=O)N1CCc2ccc(O)cc21.CCC1CCc2ccc(Oc3cc4c(cc3N=Nc3ccc([N+](=O)[O-])cc3)CCC4CC)cc21.CCN1CCc2cc3c(cc21)Oc1cc2c(cc1=N3)CC[N+]=2CC.CCN1CCc2ccc(I)cc21.CCN1CCc2ccc(O)cc21.CCN1CCc2ccc(Oc3ccc4c(c3)N(CC)CC4)cc21.Ic1ccc2c(c1)NCC2.Oc1ccc2c(c1)NCC2. The van der Waals surface area contributed by atoms with E-state index in [0.717, 1.165) is 225 Å². The first kappa shape index (κ1) is 97.2. The summed E-state index contributed by atoms with van der Waals surface area (Å²) in [5.74, 6) is 7.29. The Balaban J connectivity index is 0.000000114. The Labute approximate surface area is 839 Å². The number of amides is 1. The van der Waals surface area contributed by atoms with Crippen LogP contribution in [0.2, 0.25) is 0 Å². The first-order valence-electron chi connectivity index (χ1n) is 49.7. The van der Waals surface area contributed by atoms with Crippen LogP contribution in [0, 0.1) is 17.3 Å². The number of ether oxygens (including phenoxy) is 3. The third-order valence-corrected chi connectivity index (χ3v) is 30.0. The standard InChI is InChI=1S/C28H29N3O3.C20H22N3O.C20H24N2O.C10H12IN.C10H11NO2.C10H13NO.C8H8IN.C8H9NO/c1-3-18-5-7-20-9-14-24(16-25(18)20)34-28-17-26-19(4-2)6-8-21(26)15-27(28)30-29-22-10-12-23(13-11-22)31(32)33;1-3-22-7-5-13-9-15-19(11-17(13)22)24-20-12-18-14(10-16(20)21-15)6-8-23(18)4-2;1-3-21-11-9-15-5-7-17(13-19(15)21)23-18-8-6-16-10-12-22(4-2)20(16)14-18;1-2-12-6-5-8-3-4-9(11)7-10(8)12;1-7(12)11-5-4-8-2-3-9(13)6-10(8)11;1-2-11-6-5-8-3-4-9(12)7-10(8)11;9-7-2-1-6-3-4-10-8(6)5-7;10-7-2-1-6-3-4-9-8(6)5-7/h9-19H,3-8H2,1-2H3;9-12H,3-8H2,1-2H3;5-8,13-14H,3-4,9-12H2,1-2H3;3-4,7H,2,5-6H2,1H3;2-3,6,13H,4-5H2,1H3;3-4,7,12H,2,5-6H2,1H3;1-2,5,10H,3-4H2;1-2,5,9-10H,3-4H2/q;+1;;;;;;. The summed E-state index contributed by atoms with van der Waals surface area (Å²) in [6.07, 6.45) is 16.8. The van der Waals surface area contributed by atoms with Crippen LogP contribution in [0.1, 0.15) is 172 Å². The number of nitro benzene ring substituents is 1. The topological polar surface area (TPSA) is 232 Å². The summed E-state index contributed by atoms with van der Waals surface area (Å²) in [5.41, 5.74) is 30.1. The monoisotopic (exact) mass is 2080 g/mol. The number of non-ortho nitro benzene ring substituents is 1. The van der Waals surface area contributed by atoms with E-state index in [4.69, 9.17) is 24.3 Å². The van der Waals surface area contributed by atoms with Crippen LogP contribution in [-0.2, 0) is 75.4 Å². The molecule has 5 N–H and O–H groups in total. The van der Waals surface area contributed by atoms with Crippen molar-refractivity contribution in [3.05, 3.63) is 307 Å². The highest BCUT2D eigenvalue weighted by Gasteiger charge is 2.31. The van der Waals surface area contributed by atoms with E-state index < -0.39 is 4.92 Å². The molecule has 0 saturated heterocycles. The number of benzene rings is 12. The van der Waals surface area contributed by atoms with E-state index in [1.807, 2.05) is 24.3 Å². The molecule has 2 unspecified atom stereocenters. The average molecular weight is 2080 g/mol. The maximum Gasteiger partial charge on any atom is 0.269 e. The molecule has 0 spiro atoms. The Hall–Kier alpha value is -12.4. The van der Waals surface area contributed by atoms with Crippen molar-refractivity contribution in [3.8, 4) is 51.7 Å². The second kappa shape index (κ2) is 44.6.